The number of rotatable bonds is 6. The number of ether oxygens (including phenoxy) is 1. The fourth-order valence-electron chi connectivity index (χ4n) is 0.703. The van der Waals surface area contributed by atoms with E-state index in [0.29, 0.717) is 0 Å². The minimum Gasteiger partial charge on any atom is -0.481 e. The highest BCUT2D eigenvalue weighted by Crippen LogP contribution is 2.07. The first-order chi connectivity index (χ1) is 6.79. The van der Waals surface area contributed by atoms with Crippen LogP contribution in [0.25, 0.3) is 0 Å². The van der Waals surface area contributed by atoms with Gasteiger partial charge in [-0.15, -0.1) is 0 Å². The van der Waals surface area contributed by atoms with Gasteiger partial charge in [-0.3, -0.25) is 14.1 Å². The largest absolute Gasteiger partial charge is 0.481 e. The minimum atomic E-state index is -4.78. The van der Waals surface area contributed by atoms with Crippen molar-refractivity contribution in [3.05, 3.63) is 12.7 Å². The summed E-state index contributed by atoms with van der Waals surface area (Å²) in [6.45, 7) is 2.95. The third kappa shape index (κ3) is 6.11. The van der Waals surface area contributed by atoms with Crippen LogP contribution in [-0.4, -0.2) is 41.9 Å². The van der Waals surface area contributed by atoms with Crippen LogP contribution in [-0.2, 0) is 24.4 Å². The zero-order valence-corrected chi connectivity index (χ0v) is 9.14. The maximum Gasteiger partial charge on any atom is 0.327 e. The lowest BCUT2D eigenvalue weighted by Gasteiger charge is -2.09. The zero-order valence-electron chi connectivity index (χ0n) is 8.33. The van der Waals surface area contributed by atoms with Crippen molar-refractivity contribution < 1.29 is 32.4 Å². The van der Waals surface area contributed by atoms with Gasteiger partial charge in [0.2, 0.25) is 0 Å². The second kappa shape index (κ2) is 6.93. The Morgan fingerprint density at radius 2 is 1.94 bits per heavy atom. The average Bonchev–Trinajstić information content (AvgIpc) is 2.08. The van der Waals surface area contributed by atoms with Crippen molar-refractivity contribution in [2.24, 2.45) is 0 Å². The van der Waals surface area contributed by atoms with Crippen molar-refractivity contribution in [1.29, 1.82) is 0 Å². The molecule has 0 aliphatic carbocycles. The Kier molecular flexibility index (Phi) is 7.35. The maximum absolute atomic E-state index is 11.0. The van der Waals surface area contributed by atoms with Gasteiger partial charge in [0.1, 0.15) is 6.61 Å². The van der Waals surface area contributed by atoms with E-state index in [2.05, 4.69) is 11.3 Å². The van der Waals surface area contributed by atoms with Gasteiger partial charge in [-0.2, -0.15) is 8.42 Å². The van der Waals surface area contributed by atoms with Gasteiger partial charge in [-0.05, 0) is 0 Å². The van der Waals surface area contributed by atoms with Crippen molar-refractivity contribution in [3.63, 3.8) is 0 Å². The first-order valence-electron chi connectivity index (χ1n) is 3.74. The fourth-order valence-corrected chi connectivity index (χ4v) is 1.37. The molecule has 0 aromatic heterocycles. The molecule has 0 saturated carbocycles. The molecule has 0 bridgehead atoms. The minimum absolute atomic E-state index is 0. The van der Waals surface area contributed by atoms with E-state index in [1.807, 2.05) is 0 Å². The molecular weight excluding hydrogens is 242 g/mol. The van der Waals surface area contributed by atoms with Gasteiger partial charge in [-0.1, -0.05) is 12.7 Å². The smallest absolute Gasteiger partial charge is 0.327 e. The molecule has 8 nitrogen and oxygen atoms in total. The first kappa shape index (κ1) is 17.0. The van der Waals surface area contributed by atoms with Crippen LogP contribution < -0.4 is 6.15 Å². The van der Waals surface area contributed by atoms with Gasteiger partial charge >= 0.3 is 11.9 Å². The molecule has 0 heterocycles. The molecule has 0 saturated heterocycles. The Bertz CT molecular complexity index is 361. The van der Waals surface area contributed by atoms with Gasteiger partial charge in [0, 0.05) is 0 Å². The monoisotopic (exact) mass is 255 g/mol. The number of carbonyl (C=O) groups excluding carboxylic acids is 1. The highest BCUT2D eigenvalue weighted by Gasteiger charge is 2.34. The van der Waals surface area contributed by atoms with Crippen molar-refractivity contribution in [2.45, 2.75) is 11.7 Å². The molecule has 5 N–H and O–H groups in total. The molecule has 9 heteroatoms. The summed E-state index contributed by atoms with van der Waals surface area (Å²) in [6.07, 6.45) is 0.133. The van der Waals surface area contributed by atoms with Crippen LogP contribution in [0.1, 0.15) is 6.42 Å². The summed E-state index contributed by atoms with van der Waals surface area (Å²) in [7, 11) is -4.78. The molecule has 0 amide bonds. The Hall–Kier alpha value is -1.45. The number of carboxylic acids is 1. The number of hydrogen-bond donors (Lipinski definition) is 3. The molecule has 0 aromatic rings. The van der Waals surface area contributed by atoms with E-state index in [4.69, 9.17) is 9.66 Å². The normalized spacial score (nSPS) is 12.1. The lowest BCUT2D eigenvalue weighted by Crippen LogP contribution is -2.33. The van der Waals surface area contributed by atoms with Gasteiger partial charge in [0.05, 0.1) is 6.42 Å². The van der Waals surface area contributed by atoms with Crippen LogP contribution in [0.15, 0.2) is 12.7 Å². The van der Waals surface area contributed by atoms with Gasteiger partial charge in [-0.25, -0.2) is 0 Å². The summed E-state index contributed by atoms with van der Waals surface area (Å²) >= 11 is 0. The predicted molar refractivity (Wildman–Crippen MR) is 53.8 cm³/mol. The van der Waals surface area contributed by atoms with E-state index in [0.717, 1.165) is 0 Å². The van der Waals surface area contributed by atoms with E-state index >= 15 is 0 Å². The van der Waals surface area contributed by atoms with Crippen LogP contribution in [0.3, 0.4) is 0 Å². The second-order valence-electron chi connectivity index (χ2n) is 2.52. The molecule has 0 fully saturated rings. The van der Waals surface area contributed by atoms with E-state index < -0.39 is 33.7 Å². The lowest BCUT2D eigenvalue weighted by atomic mass is 10.3. The Labute approximate surface area is 92.2 Å². The highest BCUT2D eigenvalue weighted by atomic mass is 32.2. The van der Waals surface area contributed by atoms with Gasteiger partial charge < -0.3 is 16.0 Å². The van der Waals surface area contributed by atoms with E-state index in [-0.39, 0.29) is 12.8 Å². The van der Waals surface area contributed by atoms with Crippen molar-refractivity contribution in [3.8, 4) is 0 Å². The first-order valence-corrected chi connectivity index (χ1v) is 5.25. The highest BCUT2D eigenvalue weighted by molar-refractivity contribution is 7.87. The quantitative estimate of drug-likeness (QED) is 0.329. The van der Waals surface area contributed by atoms with E-state index in [9.17, 15) is 18.0 Å². The lowest BCUT2D eigenvalue weighted by molar-refractivity contribution is -0.146. The van der Waals surface area contributed by atoms with E-state index in [1.54, 1.807) is 0 Å². The van der Waals surface area contributed by atoms with Crippen LogP contribution in [0.2, 0.25) is 0 Å². The van der Waals surface area contributed by atoms with Gasteiger partial charge in [0.25, 0.3) is 10.1 Å². The molecule has 0 aliphatic rings. The molecule has 1 atom stereocenters. The average molecular weight is 255 g/mol. The Morgan fingerprint density at radius 1 is 1.44 bits per heavy atom. The van der Waals surface area contributed by atoms with Crippen molar-refractivity contribution >= 4 is 22.1 Å². The topological polar surface area (TPSA) is 153 Å². The third-order valence-electron chi connectivity index (χ3n) is 1.33. The van der Waals surface area contributed by atoms with Crippen LogP contribution in [0.5, 0.6) is 0 Å². The van der Waals surface area contributed by atoms with Crippen molar-refractivity contribution in [1.82, 2.24) is 6.15 Å². The Balaban J connectivity index is 0. The summed E-state index contributed by atoms with van der Waals surface area (Å²) in [5.74, 6) is -2.85. The third-order valence-corrected chi connectivity index (χ3v) is 2.40. The second-order valence-corrected chi connectivity index (χ2v) is 4.12. The molecular formula is C7H13NO7S. The fraction of sp³-hybridized carbons (Fsp3) is 0.429. The SMILES string of the molecule is C=CCOC(=O)C(CC(=O)O)S(=O)(=O)O.N. The molecule has 0 aliphatic heterocycles. The molecule has 0 spiro atoms. The number of esters is 1. The summed E-state index contributed by atoms with van der Waals surface area (Å²) in [4.78, 5) is 21.2. The van der Waals surface area contributed by atoms with Crippen LogP contribution in [0.4, 0.5) is 0 Å². The molecule has 0 rings (SSSR count). The standard InChI is InChI=1S/C7H10O7S.H3N/c1-2-3-14-7(10)5(4-6(8)9)15(11,12)13;/h2,5H,1,3-4H2,(H,8,9)(H,11,12,13);1H3. The summed E-state index contributed by atoms with van der Waals surface area (Å²) in [5.41, 5.74) is 0. The predicted octanol–water partition coefficient (Wildman–Crippen LogP) is -0.391. The molecule has 94 valence electrons. The molecule has 0 aromatic carbocycles. The van der Waals surface area contributed by atoms with Crippen molar-refractivity contribution in [2.75, 3.05) is 6.61 Å². The molecule has 16 heavy (non-hydrogen) atoms. The maximum atomic E-state index is 11.0. The Morgan fingerprint density at radius 3 is 2.25 bits per heavy atom. The number of aliphatic carboxylic acids is 1. The summed E-state index contributed by atoms with van der Waals surface area (Å²) in [5, 5.41) is 6.22. The van der Waals surface area contributed by atoms with Crippen LogP contribution >= 0.6 is 0 Å². The summed E-state index contributed by atoms with van der Waals surface area (Å²) in [6, 6.07) is 0. The van der Waals surface area contributed by atoms with Gasteiger partial charge in [0.15, 0.2) is 5.25 Å². The molecule has 1 unspecified atom stereocenters. The zero-order chi connectivity index (χ0) is 12.1. The van der Waals surface area contributed by atoms with E-state index in [1.165, 1.54) is 6.08 Å². The number of carboxylic acid groups (broad SMARTS) is 1. The van der Waals surface area contributed by atoms with Crippen LogP contribution in [0, 0.1) is 0 Å². The number of carbonyl (C=O) groups is 2. The molecule has 0 radical (unpaired) electrons. The summed E-state index contributed by atoms with van der Waals surface area (Å²) < 4.78 is 34.2. The number of hydrogen-bond acceptors (Lipinski definition) is 6.